The Balaban J connectivity index is 2.03. The van der Waals surface area contributed by atoms with Crippen molar-refractivity contribution in [1.29, 1.82) is 0 Å². The summed E-state index contributed by atoms with van der Waals surface area (Å²) in [6.45, 7) is 0.255. The summed E-state index contributed by atoms with van der Waals surface area (Å²) in [6.07, 6.45) is -0.742. The summed E-state index contributed by atoms with van der Waals surface area (Å²) in [6, 6.07) is 16.0. The second-order valence-electron chi connectivity index (χ2n) is 4.48. The third kappa shape index (κ3) is 2.12. The Morgan fingerprint density at radius 2 is 1.58 bits per heavy atom. The second kappa shape index (κ2) is 4.65. The quantitative estimate of drug-likeness (QED) is 0.866. The Hall–Kier alpha value is -2.49. The predicted octanol–water partition coefficient (Wildman–Crippen LogP) is 2.97. The Morgan fingerprint density at radius 3 is 2.11 bits per heavy atom. The SMILES string of the molecule is NC(=O)OCC1c2ccccc2Nc2ccccc21. The van der Waals surface area contributed by atoms with Crippen LogP contribution in [0, 0.1) is 0 Å². The number of ether oxygens (including phenoxy) is 1. The van der Waals surface area contributed by atoms with Crippen molar-refractivity contribution in [3.63, 3.8) is 0 Å². The maximum absolute atomic E-state index is 10.9. The molecular weight excluding hydrogens is 240 g/mol. The van der Waals surface area contributed by atoms with Crippen molar-refractivity contribution in [1.82, 2.24) is 0 Å². The first-order valence-electron chi connectivity index (χ1n) is 6.13. The number of para-hydroxylation sites is 2. The summed E-state index contributed by atoms with van der Waals surface area (Å²) in [5.41, 5.74) is 9.38. The largest absolute Gasteiger partial charge is 0.449 e. The lowest BCUT2D eigenvalue weighted by molar-refractivity contribution is 0.153. The normalized spacial score (nSPS) is 13.1. The van der Waals surface area contributed by atoms with Gasteiger partial charge in [-0.15, -0.1) is 0 Å². The number of anilines is 2. The monoisotopic (exact) mass is 254 g/mol. The van der Waals surface area contributed by atoms with Crippen molar-refractivity contribution in [3.8, 4) is 0 Å². The standard InChI is InChI=1S/C15H14N2O2/c16-15(18)19-9-12-10-5-1-3-7-13(10)17-14-8-4-2-6-11(12)14/h1-8,12,17H,9H2,(H2,16,18). The topological polar surface area (TPSA) is 64.4 Å². The highest BCUT2D eigenvalue weighted by atomic mass is 16.5. The summed E-state index contributed by atoms with van der Waals surface area (Å²) < 4.78 is 5.01. The van der Waals surface area contributed by atoms with E-state index in [1.54, 1.807) is 0 Å². The number of nitrogens with two attached hydrogens (primary N) is 1. The highest BCUT2D eigenvalue weighted by molar-refractivity contribution is 5.74. The molecule has 0 spiro atoms. The van der Waals surface area contributed by atoms with Gasteiger partial charge in [0.25, 0.3) is 0 Å². The number of hydrogen-bond acceptors (Lipinski definition) is 3. The number of carbonyl (C=O) groups excluding carboxylic acids is 1. The van der Waals surface area contributed by atoms with Gasteiger partial charge in [-0.05, 0) is 23.3 Å². The minimum atomic E-state index is -0.742. The molecule has 0 bridgehead atoms. The third-order valence-corrected chi connectivity index (χ3v) is 3.33. The smallest absolute Gasteiger partial charge is 0.404 e. The molecule has 0 unspecified atom stereocenters. The molecule has 3 rings (SSSR count). The average molecular weight is 254 g/mol. The number of amides is 1. The zero-order valence-corrected chi connectivity index (χ0v) is 10.3. The maximum atomic E-state index is 10.9. The molecule has 0 saturated heterocycles. The van der Waals surface area contributed by atoms with Gasteiger partial charge in [-0.2, -0.15) is 0 Å². The van der Waals surface area contributed by atoms with Crippen molar-refractivity contribution < 1.29 is 9.53 Å². The Kier molecular flexibility index (Phi) is 2.83. The fraction of sp³-hybridized carbons (Fsp3) is 0.133. The van der Waals surface area contributed by atoms with Gasteiger partial charge in [-0.3, -0.25) is 0 Å². The van der Waals surface area contributed by atoms with Gasteiger partial charge < -0.3 is 15.8 Å². The fourth-order valence-electron chi connectivity index (χ4n) is 2.49. The molecule has 1 amide bonds. The van der Waals surface area contributed by atoms with Crippen LogP contribution in [0.25, 0.3) is 0 Å². The van der Waals surface area contributed by atoms with Crippen molar-refractivity contribution in [2.45, 2.75) is 5.92 Å². The van der Waals surface area contributed by atoms with Gasteiger partial charge in [0.2, 0.25) is 0 Å². The lowest BCUT2D eigenvalue weighted by atomic mass is 9.86. The summed E-state index contributed by atoms with van der Waals surface area (Å²) in [7, 11) is 0. The Bertz CT molecular complexity index is 580. The molecule has 2 aromatic carbocycles. The van der Waals surface area contributed by atoms with Crippen LogP contribution in [0.1, 0.15) is 17.0 Å². The Labute approximate surface area is 111 Å². The van der Waals surface area contributed by atoms with E-state index < -0.39 is 6.09 Å². The number of carbonyl (C=O) groups is 1. The average Bonchev–Trinajstić information content (AvgIpc) is 2.43. The van der Waals surface area contributed by atoms with E-state index in [0.29, 0.717) is 0 Å². The molecule has 4 heteroatoms. The first-order valence-corrected chi connectivity index (χ1v) is 6.13. The molecule has 19 heavy (non-hydrogen) atoms. The van der Waals surface area contributed by atoms with Gasteiger partial charge in [-0.1, -0.05) is 36.4 Å². The zero-order chi connectivity index (χ0) is 13.2. The van der Waals surface area contributed by atoms with E-state index in [1.807, 2.05) is 48.5 Å². The molecule has 0 aliphatic carbocycles. The van der Waals surface area contributed by atoms with Gasteiger partial charge in [0, 0.05) is 17.3 Å². The number of rotatable bonds is 2. The summed E-state index contributed by atoms with van der Waals surface area (Å²) in [5.74, 6) is 0.0150. The van der Waals surface area contributed by atoms with Crippen LogP contribution >= 0.6 is 0 Å². The van der Waals surface area contributed by atoms with Crippen LogP contribution in [0.3, 0.4) is 0 Å². The highest BCUT2D eigenvalue weighted by Crippen LogP contribution is 2.40. The van der Waals surface area contributed by atoms with Crippen molar-refractivity contribution in [2.24, 2.45) is 5.73 Å². The van der Waals surface area contributed by atoms with Crippen LogP contribution in [0.2, 0.25) is 0 Å². The number of nitrogens with one attached hydrogen (secondary N) is 1. The first-order chi connectivity index (χ1) is 9.25. The Morgan fingerprint density at radius 1 is 1.05 bits per heavy atom. The molecule has 0 fully saturated rings. The van der Waals surface area contributed by atoms with E-state index >= 15 is 0 Å². The molecule has 0 saturated carbocycles. The molecule has 96 valence electrons. The summed E-state index contributed by atoms with van der Waals surface area (Å²) in [5, 5.41) is 3.39. The number of hydrogen-bond donors (Lipinski definition) is 2. The molecule has 2 aromatic rings. The molecular formula is C15H14N2O2. The van der Waals surface area contributed by atoms with Crippen LogP contribution in [-0.4, -0.2) is 12.7 Å². The molecule has 0 atom stereocenters. The number of fused-ring (bicyclic) bond motifs is 2. The van der Waals surface area contributed by atoms with Crippen molar-refractivity contribution in [3.05, 3.63) is 59.7 Å². The molecule has 0 radical (unpaired) electrons. The van der Waals surface area contributed by atoms with Gasteiger partial charge in [-0.25, -0.2) is 4.79 Å². The van der Waals surface area contributed by atoms with Crippen molar-refractivity contribution >= 4 is 17.5 Å². The highest BCUT2D eigenvalue weighted by Gasteiger charge is 2.25. The van der Waals surface area contributed by atoms with E-state index in [0.717, 1.165) is 22.5 Å². The van der Waals surface area contributed by atoms with Gasteiger partial charge >= 0.3 is 6.09 Å². The zero-order valence-electron chi connectivity index (χ0n) is 10.3. The van der Waals surface area contributed by atoms with Crippen LogP contribution < -0.4 is 11.1 Å². The summed E-state index contributed by atoms with van der Waals surface area (Å²) >= 11 is 0. The van der Waals surface area contributed by atoms with Crippen LogP contribution in [0.15, 0.2) is 48.5 Å². The van der Waals surface area contributed by atoms with E-state index in [2.05, 4.69) is 5.32 Å². The molecule has 1 heterocycles. The maximum Gasteiger partial charge on any atom is 0.404 e. The summed E-state index contributed by atoms with van der Waals surface area (Å²) in [4.78, 5) is 10.9. The van der Waals surface area contributed by atoms with Crippen LogP contribution in [-0.2, 0) is 4.74 Å². The van der Waals surface area contributed by atoms with E-state index in [9.17, 15) is 4.79 Å². The molecule has 1 aliphatic heterocycles. The third-order valence-electron chi connectivity index (χ3n) is 3.33. The molecule has 1 aliphatic rings. The fourth-order valence-corrected chi connectivity index (χ4v) is 2.49. The lowest BCUT2D eigenvalue weighted by Crippen LogP contribution is -2.21. The predicted molar refractivity (Wildman–Crippen MR) is 73.5 cm³/mol. The van der Waals surface area contributed by atoms with Gasteiger partial charge in [0.05, 0.1) is 0 Å². The molecule has 3 N–H and O–H groups in total. The molecule has 4 nitrogen and oxygen atoms in total. The number of benzene rings is 2. The minimum absolute atomic E-state index is 0.0150. The first kappa shape index (κ1) is 11.6. The van der Waals surface area contributed by atoms with Gasteiger partial charge in [0.1, 0.15) is 6.61 Å². The van der Waals surface area contributed by atoms with Gasteiger partial charge in [0.15, 0.2) is 0 Å². The minimum Gasteiger partial charge on any atom is -0.449 e. The van der Waals surface area contributed by atoms with Crippen molar-refractivity contribution in [2.75, 3.05) is 11.9 Å². The lowest BCUT2D eigenvalue weighted by Gasteiger charge is -2.28. The van der Waals surface area contributed by atoms with E-state index in [1.165, 1.54) is 0 Å². The van der Waals surface area contributed by atoms with Crippen LogP contribution in [0.4, 0.5) is 16.2 Å². The number of primary amides is 1. The molecule has 0 aromatic heterocycles. The van der Waals surface area contributed by atoms with E-state index in [4.69, 9.17) is 10.5 Å². The van der Waals surface area contributed by atoms with Crippen LogP contribution in [0.5, 0.6) is 0 Å². The second-order valence-corrected chi connectivity index (χ2v) is 4.48. The van der Waals surface area contributed by atoms with E-state index in [-0.39, 0.29) is 12.5 Å².